The van der Waals surface area contributed by atoms with Gasteiger partial charge in [0.05, 0.1) is 25.5 Å². The quantitative estimate of drug-likeness (QED) is 0.732. The Balaban J connectivity index is 2.15. The van der Waals surface area contributed by atoms with E-state index in [0.29, 0.717) is 5.75 Å². The molecule has 0 radical (unpaired) electrons. The van der Waals surface area contributed by atoms with Crippen molar-refractivity contribution < 1.29 is 14.3 Å². The Morgan fingerprint density at radius 2 is 1.81 bits per heavy atom. The molecule has 1 N–H and O–H groups in total. The van der Waals surface area contributed by atoms with E-state index in [0.717, 1.165) is 4.57 Å². The molecule has 3 aromatic rings. The number of para-hydroxylation sites is 1. The molecule has 9 heteroatoms. The third-order valence-corrected chi connectivity index (χ3v) is 4.24. The zero-order chi connectivity index (χ0) is 19.7. The summed E-state index contributed by atoms with van der Waals surface area (Å²) >= 11 is 0. The minimum atomic E-state index is -0.547. The number of methoxy groups -OCH3 is 2. The first-order valence-corrected chi connectivity index (χ1v) is 7.97. The van der Waals surface area contributed by atoms with Crippen molar-refractivity contribution in [2.24, 2.45) is 14.1 Å². The van der Waals surface area contributed by atoms with Gasteiger partial charge < -0.3 is 14.8 Å². The lowest BCUT2D eigenvalue weighted by Gasteiger charge is -2.14. The highest BCUT2D eigenvalue weighted by Gasteiger charge is 2.19. The maximum absolute atomic E-state index is 12.8. The lowest BCUT2D eigenvalue weighted by Crippen LogP contribution is -2.37. The van der Waals surface area contributed by atoms with Crippen LogP contribution in [0.3, 0.4) is 0 Å². The Labute approximate surface area is 153 Å². The van der Waals surface area contributed by atoms with Gasteiger partial charge in [-0.2, -0.15) is 0 Å². The molecule has 2 heterocycles. The zero-order valence-electron chi connectivity index (χ0n) is 15.3. The van der Waals surface area contributed by atoms with E-state index in [4.69, 9.17) is 9.47 Å². The molecule has 0 aliphatic heterocycles. The van der Waals surface area contributed by atoms with Gasteiger partial charge in [-0.05, 0) is 18.2 Å². The SMILES string of the molecule is COc1cccc(C(=O)Nc2ccnc3c2c(=O)n(C)c(=O)n3C)c1OC. The van der Waals surface area contributed by atoms with Crippen molar-refractivity contribution in [2.75, 3.05) is 19.5 Å². The molecule has 0 fully saturated rings. The number of nitrogens with one attached hydrogen (secondary N) is 1. The Morgan fingerprint density at radius 1 is 1.07 bits per heavy atom. The fourth-order valence-corrected chi connectivity index (χ4v) is 2.85. The van der Waals surface area contributed by atoms with Gasteiger partial charge in [-0.15, -0.1) is 0 Å². The molecule has 3 rings (SSSR count). The fraction of sp³-hybridized carbons (Fsp3) is 0.222. The number of nitrogens with zero attached hydrogens (tertiary/aromatic N) is 3. The van der Waals surface area contributed by atoms with Gasteiger partial charge in [0, 0.05) is 20.3 Å². The molecule has 0 spiro atoms. The van der Waals surface area contributed by atoms with Gasteiger partial charge in [-0.3, -0.25) is 18.7 Å². The predicted molar refractivity (Wildman–Crippen MR) is 99.7 cm³/mol. The highest BCUT2D eigenvalue weighted by atomic mass is 16.5. The smallest absolute Gasteiger partial charge is 0.332 e. The normalized spacial score (nSPS) is 10.7. The average Bonchev–Trinajstić information content (AvgIpc) is 2.69. The molecule has 0 unspecified atom stereocenters. The molecule has 0 saturated carbocycles. The number of aromatic nitrogens is 3. The molecule has 27 heavy (non-hydrogen) atoms. The number of pyridine rings is 1. The molecule has 0 aliphatic carbocycles. The minimum Gasteiger partial charge on any atom is -0.493 e. The number of benzene rings is 1. The number of fused-ring (bicyclic) bond motifs is 1. The molecule has 0 saturated heterocycles. The number of aryl methyl sites for hydroxylation is 1. The zero-order valence-corrected chi connectivity index (χ0v) is 15.3. The molecule has 0 bridgehead atoms. The lowest BCUT2D eigenvalue weighted by atomic mass is 10.1. The van der Waals surface area contributed by atoms with Gasteiger partial charge in [-0.1, -0.05) is 6.07 Å². The Bertz CT molecular complexity index is 1160. The summed E-state index contributed by atoms with van der Waals surface area (Å²) in [7, 11) is 5.78. The van der Waals surface area contributed by atoms with Gasteiger partial charge in [-0.25, -0.2) is 9.78 Å². The van der Waals surface area contributed by atoms with Crippen LogP contribution in [0.15, 0.2) is 40.1 Å². The van der Waals surface area contributed by atoms with E-state index < -0.39 is 17.2 Å². The summed E-state index contributed by atoms with van der Waals surface area (Å²) in [5, 5.41) is 2.84. The van der Waals surface area contributed by atoms with Crippen LogP contribution in [0.4, 0.5) is 5.69 Å². The maximum Gasteiger partial charge on any atom is 0.332 e. The van der Waals surface area contributed by atoms with E-state index in [-0.39, 0.29) is 28.0 Å². The van der Waals surface area contributed by atoms with Crippen molar-refractivity contribution in [3.8, 4) is 11.5 Å². The summed E-state index contributed by atoms with van der Waals surface area (Å²) in [5.74, 6) is 0.188. The summed E-state index contributed by atoms with van der Waals surface area (Å²) in [6.07, 6.45) is 1.42. The second kappa shape index (κ2) is 6.94. The number of hydrogen-bond acceptors (Lipinski definition) is 6. The summed E-state index contributed by atoms with van der Waals surface area (Å²) in [6.45, 7) is 0. The van der Waals surface area contributed by atoms with Gasteiger partial charge in [0.25, 0.3) is 11.5 Å². The van der Waals surface area contributed by atoms with Crippen molar-refractivity contribution in [2.45, 2.75) is 0 Å². The predicted octanol–water partition coefficient (Wildman–Crippen LogP) is 0.902. The van der Waals surface area contributed by atoms with Crippen LogP contribution in [0.25, 0.3) is 11.0 Å². The van der Waals surface area contributed by atoms with Gasteiger partial charge >= 0.3 is 5.69 Å². The second-order valence-electron chi connectivity index (χ2n) is 5.76. The van der Waals surface area contributed by atoms with Gasteiger partial charge in [0.2, 0.25) is 0 Å². The summed E-state index contributed by atoms with van der Waals surface area (Å²) in [4.78, 5) is 41.6. The third-order valence-electron chi connectivity index (χ3n) is 4.24. The van der Waals surface area contributed by atoms with E-state index in [1.54, 1.807) is 18.2 Å². The Hall–Kier alpha value is -3.62. The topological polar surface area (TPSA) is 104 Å². The molecule has 1 amide bonds. The van der Waals surface area contributed by atoms with Crippen LogP contribution in [-0.4, -0.2) is 34.2 Å². The number of ether oxygens (including phenoxy) is 2. The first kappa shape index (κ1) is 18.2. The summed E-state index contributed by atoms with van der Waals surface area (Å²) in [6, 6.07) is 6.40. The first-order valence-electron chi connectivity index (χ1n) is 7.97. The average molecular weight is 370 g/mol. The molecule has 9 nitrogen and oxygen atoms in total. The van der Waals surface area contributed by atoms with E-state index in [9.17, 15) is 14.4 Å². The van der Waals surface area contributed by atoms with Gasteiger partial charge in [0.1, 0.15) is 5.39 Å². The molecule has 0 aliphatic rings. The van der Waals surface area contributed by atoms with Gasteiger partial charge in [0.15, 0.2) is 17.1 Å². The van der Waals surface area contributed by atoms with E-state index in [1.807, 2.05) is 0 Å². The highest BCUT2D eigenvalue weighted by Crippen LogP contribution is 2.31. The van der Waals surface area contributed by atoms with Crippen LogP contribution in [-0.2, 0) is 14.1 Å². The number of hydrogen-bond donors (Lipinski definition) is 1. The van der Waals surface area contributed by atoms with E-state index in [1.165, 1.54) is 45.1 Å². The fourth-order valence-electron chi connectivity index (χ4n) is 2.85. The number of carbonyl (C=O) groups is 1. The molecular formula is C18H18N4O5. The van der Waals surface area contributed by atoms with Crippen LogP contribution < -0.4 is 26.0 Å². The van der Waals surface area contributed by atoms with E-state index in [2.05, 4.69) is 10.3 Å². The first-order chi connectivity index (χ1) is 12.9. The monoisotopic (exact) mass is 370 g/mol. The Kier molecular flexibility index (Phi) is 4.68. The highest BCUT2D eigenvalue weighted by molar-refractivity contribution is 6.10. The maximum atomic E-state index is 12.8. The van der Waals surface area contributed by atoms with Crippen molar-refractivity contribution in [1.29, 1.82) is 0 Å². The Morgan fingerprint density at radius 3 is 2.48 bits per heavy atom. The lowest BCUT2D eigenvalue weighted by molar-refractivity contribution is 0.102. The van der Waals surface area contributed by atoms with Crippen LogP contribution >= 0.6 is 0 Å². The van der Waals surface area contributed by atoms with Crippen molar-refractivity contribution in [3.05, 3.63) is 56.9 Å². The number of carbonyl (C=O) groups excluding carboxylic acids is 1. The van der Waals surface area contributed by atoms with Crippen molar-refractivity contribution >= 4 is 22.6 Å². The van der Waals surface area contributed by atoms with Crippen LogP contribution in [0, 0.1) is 0 Å². The second-order valence-corrected chi connectivity index (χ2v) is 5.76. The molecule has 140 valence electrons. The number of anilines is 1. The largest absolute Gasteiger partial charge is 0.493 e. The summed E-state index contributed by atoms with van der Waals surface area (Å²) < 4.78 is 12.7. The number of amides is 1. The molecule has 2 aromatic heterocycles. The minimum absolute atomic E-state index is 0.136. The molecule has 1 aromatic carbocycles. The van der Waals surface area contributed by atoms with Crippen LogP contribution in [0.2, 0.25) is 0 Å². The van der Waals surface area contributed by atoms with E-state index >= 15 is 0 Å². The number of rotatable bonds is 4. The van der Waals surface area contributed by atoms with Crippen molar-refractivity contribution in [3.63, 3.8) is 0 Å². The molecule has 0 atom stereocenters. The van der Waals surface area contributed by atoms with Crippen LogP contribution in [0.5, 0.6) is 11.5 Å². The third kappa shape index (κ3) is 2.92. The standard InChI is InChI=1S/C18H18N4O5/c1-21-15-13(17(24)22(2)18(21)25)11(8-9-19-15)20-16(23)10-6-5-7-12(26-3)14(10)27-4/h5-9H,1-4H3,(H,19,20,23). The van der Waals surface area contributed by atoms with Crippen LogP contribution in [0.1, 0.15) is 10.4 Å². The van der Waals surface area contributed by atoms with Crippen molar-refractivity contribution in [1.82, 2.24) is 14.1 Å². The molecular weight excluding hydrogens is 352 g/mol. The summed E-state index contributed by atoms with van der Waals surface area (Å²) in [5.41, 5.74) is -0.389.